The highest BCUT2D eigenvalue weighted by atomic mass is 79.9. The lowest BCUT2D eigenvalue weighted by molar-refractivity contribution is -0.140. The van der Waals surface area contributed by atoms with Crippen LogP contribution in [-0.2, 0) is 6.18 Å². The van der Waals surface area contributed by atoms with E-state index in [1.165, 1.54) is 12.3 Å². The average molecular weight is 365 g/mol. The van der Waals surface area contributed by atoms with Crippen LogP contribution in [0.4, 0.5) is 23.5 Å². The first-order valence-corrected chi connectivity index (χ1v) is 6.40. The van der Waals surface area contributed by atoms with Gasteiger partial charge in [0.05, 0.1) is 23.7 Å². The highest BCUT2D eigenvalue weighted by Gasteiger charge is 2.35. The fourth-order valence-electron chi connectivity index (χ4n) is 1.63. The van der Waals surface area contributed by atoms with E-state index in [1.807, 2.05) is 0 Å². The lowest BCUT2D eigenvalue weighted by Crippen LogP contribution is -2.10. The van der Waals surface area contributed by atoms with Crippen molar-refractivity contribution >= 4 is 28.1 Å². The van der Waals surface area contributed by atoms with Gasteiger partial charge in [0.2, 0.25) is 5.95 Å². The third-order valence-corrected chi connectivity index (χ3v) is 2.98. The summed E-state index contributed by atoms with van der Waals surface area (Å²) in [5.74, 6) is -1.35. The summed E-state index contributed by atoms with van der Waals surface area (Å²) >= 11 is 2.91. The maximum atomic E-state index is 13.9. The Balaban J connectivity index is 2.45. The fraction of sp³-hybridized carbons (Fsp3) is 0.167. The molecule has 0 saturated heterocycles. The van der Waals surface area contributed by atoms with Crippen LogP contribution in [0.15, 0.2) is 27.9 Å². The van der Waals surface area contributed by atoms with Gasteiger partial charge in [0.15, 0.2) is 0 Å². The van der Waals surface area contributed by atoms with Crippen molar-refractivity contribution in [2.75, 3.05) is 5.73 Å². The van der Waals surface area contributed by atoms with Gasteiger partial charge < -0.3 is 5.73 Å². The zero-order valence-electron chi connectivity index (χ0n) is 10.6. The number of nitrogens with zero attached hydrogens (tertiary/aromatic N) is 3. The second kappa shape index (κ2) is 5.47. The van der Waals surface area contributed by atoms with Gasteiger partial charge in [0.25, 0.3) is 0 Å². The molecule has 0 aliphatic heterocycles. The van der Waals surface area contributed by atoms with Gasteiger partial charge in [-0.15, -0.1) is 0 Å². The van der Waals surface area contributed by atoms with Crippen molar-refractivity contribution < 1.29 is 17.6 Å². The lowest BCUT2D eigenvalue weighted by atomic mass is 10.1. The number of rotatable bonds is 2. The molecule has 2 N–H and O–H groups in total. The molecule has 9 heteroatoms. The first-order chi connectivity index (χ1) is 9.68. The fourth-order valence-corrected chi connectivity index (χ4v) is 2.11. The number of hydrogen-bond donors (Lipinski definition) is 1. The molecule has 1 aromatic carbocycles. The van der Waals surface area contributed by atoms with Crippen molar-refractivity contribution in [2.45, 2.75) is 13.1 Å². The van der Waals surface area contributed by atoms with E-state index in [1.54, 1.807) is 6.92 Å². The molecule has 0 unspecified atom stereocenters. The van der Waals surface area contributed by atoms with Crippen molar-refractivity contribution in [1.29, 1.82) is 0 Å². The Bertz CT molecular complexity index is 706. The van der Waals surface area contributed by atoms with Crippen LogP contribution in [0.5, 0.6) is 0 Å². The van der Waals surface area contributed by atoms with Crippen molar-refractivity contribution in [1.82, 2.24) is 9.66 Å². The van der Waals surface area contributed by atoms with Gasteiger partial charge in [0.1, 0.15) is 5.82 Å². The van der Waals surface area contributed by atoms with Crippen LogP contribution < -0.4 is 5.73 Å². The van der Waals surface area contributed by atoms with Crippen LogP contribution in [-0.4, -0.2) is 15.9 Å². The first-order valence-electron chi connectivity index (χ1n) is 5.60. The highest BCUT2D eigenvalue weighted by molar-refractivity contribution is 9.10. The molecule has 0 spiro atoms. The van der Waals surface area contributed by atoms with Crippen LogP contribution in [0.25, 0.3) is 0 Å². The second-order valence-corrected chi connectivity index (χ2v) is 5.10. The zero-order valence-corrected chi connectivity index (χ0v) is 12.2. The molecular weight excluding hydrogens is 356 g/mol. The van der Waals surface area contributed by atoms with Crippen molar-refractivity contribution in [3.8, 4) is 0 Å². The molecule has 0 fully saturated rings. The largest absolute Gasteiger partial charge is 0.419 e. The van der Waals surface area contributed by atoms with Crippen molar-refractivity contribution in [3.05, 3.63) is 45.4 Å². The summed E-state index contributed by atoms with van der Waals surface area (Å²) in [6.45, 7) is 1.67. The summed E-state index contributed by atoms with van der Waals surface area (Å²) in [7, 11) is 0. The number of alkyl halides is 3. The number of benzene rings is 1. The van der Waals surface area contributed by atoms with Gasteiger partial charge in [-0.3, -0.25) is 0 Å². The Labute approximate surface area is 125 Å². The number of hydrogen-bond acceptors (Lipinski definition) is 3. The Kier molecular flexibility index (Phi) is 4.04. The number of nitrogen functional groups attached to an aromatic ring is 1. The topological polar surface area (TPSA) is 56.2 Å². The second-order valence-electron chi connectivity index (χ2n) is 4.18. The van der Waals surface area contributed by atoms with E-state index >= 15 is 0 Å². The third kappa shape index (κ3) is 3.41. The zero-order chi connectivity index (χ0) is 15.8. The molecule has 0 bridgehead atoms. The molecule has 0 amide bonds. The SMILES string of the molecule is Cc1cn(N=Cc2cc(Br)cc(C(F)(F)F)c2F)c(N)n1. The lowest BCUT2D eigenvalue weighted by Gasteiger charge is -2.10. The summed E-state index contributed by atoms with van der Waals surface area (Å²) in [5.41, 5.74) is 4.42. The van der Waals surface area contributed by atoms with Gasteiger partial charge in [0, 0.05) is 10.0 Å². The Morgan fingerprint density at radius 1 is 1.38 bits per heavy atom. The monoisotopic (exact) mass is 364 g/mol. The van der Waals surface area contributed by atoms with E-state index in [0.29, 0.717) is 11.8 Å². The Morgan fingerprint density at radius 2 is 2.05 bits per heavy atom. The van der Waals surface area contributed by atoms with Gasteiger partial charge in [-0.1, -0.05) is 15.9 Å². The average Bonchev–Trinajstić information content (AvgIpc) is 2.67. The Hall–Kier alpha value is -1.90. The summed E-state index contributed by atoms with van der Waals surface area (Å²) in [5, 5.41) is 3.80. The van der Waals surface area contributed by atoms with Crippen LogP contribution in [0.3, 0.4) is 0 Å². The maximum Gasteiger partial charge on any atom is 0.419 e. The van der Waals surface area contributed by atoms with E-state index in [2.05, 4.69) is 26.0 Å². The number of aryl methyl sites for hydroxylation is 1. The molecule has 0 atom stereocenters. The van der Waals surface area contributed by atoms with Gasteiger partial charge >= 0.3 is 6.18 Å². The minimum atomic E-state index is -4.79. The molecule has 0 aliphatic carbocycles. The predicted octanol–water partition coefficient (Wildman–Crippen LogP) is 3.58. The van der Waals surface area contributed by atoms with Crippen LogP contribution >= 0.6 is 15.9 Å². The molecule has 112 valence electrons. The summed E-state index contributed by atoms with van der Waals surface area (Å²) in [6.07, 6.45) is -2.37. The molecular formula is C12H9BrF4N4. The molecule has 1 heterocycles. The molecule has 0 aliphatic rings. The number of halogens is 5. The van der Waals surface area contributed by atoms with Crippen molar-refractivity contribution in [2.24, 2.45) is 5.10 Å². The summed E-state index contributed by atoms with van der Waals surface area (Å²) in [4.78, 5) is 3.86. The number of aromatic nitrogens is 2. The molecule has 2 aromatic rings. The minimum absolute atomic E-state index is 0.0511. The Morgan fingerprint density at radius 3 is 2.57 bits per heavy atom. The predicted molar refractivity (Wildman–Crippen MR) is 73.5 cm³/mol. The number of nitrogens with two attached hydrogens (primary N) is 1. The van der Waals surface area contributed by atoms with Gasteiger partial charge in [-0.25, -0.2) is 14.1 Å². The van der Waals surface area contributed by atoms with E-state index in [9.17, 15) is 17.6 Å². The van der Waals surface area contributed by atoms with E-state index in [-0.39, 0.29) is 16.0 Å². The molecule has 0 radical (unpaired) electrons. The molecule has 21 heavy (non-hydrogen) atoms. The minimum Gasteiger partial charge on any atom is -0.368 e. The third-order valence-electron chi connectivity index (χ3n) is 2.53. The smallest absolute Gasteiger partial charge is 0.368 e. The van der Waals surface area contributed by atoms with E-state index in [4.69, 9.17) is 5.73 Å². The molecule has 4 nitrogen and oxygen atoms in total. The van der Waals surface area contributed by atoms with Crippen LogP contribution in [0.1, 0.15) is 16.8 Å². The van der Waals surface area contributed by atoms with Crippen molar-refractivity contribution in [3.63, 3.8) is 0 Å². The number of imidazole rings is 1. The number of anilines is 1. The normalized spacial score (nSPS) is 12.3. The quantitative estimate of drug-likeness (QED) is 0.654. The molecule has 1 aromatic heterocycles. The van der Waals surface area contributed by atoms with E-state index < -0.39 is 17.6 Å². The summed E-state index contributed by atoms with van der Waals surface area (Å²) < 4.78 is 53.2. The van der Waals surface area contributed by atoms with Gasteiger partial charge in [-0.05, 0) is 19.1 Å². The van der Waals surface area contributed by atoms with Crippen LogP contribution in [0.2, 0.25) is 0 Å². The maximum absolute atomic E-state index is 13.9. The van der Waals surface area contributed by atoms with Crippen LogP contribution in [0, 0.1) is 12.7 Å². The van der Waals surface area contributed by atoms with Gasteiger partial charge in [-0.2, -0.15) is 18.3 Å². The van der Waals surface area contributed by atoms with E-state index in [0.717, 1.165) is 10.9 Å². The molecule has 2 rings (SSSR count). The highest BCUT2D eigenvalue weighted by Crippen LogP contribution is 2.34. The summed E-state index contributed by atoms with van der Waals surface area (Å²) in [6, 6.07) is 1.86. The first kappa shape index (κ1) is 15.5. The standard InChI is InChI=1S/C12H9BrF4N4/c1-6-5-21(11(18)20-6)19-4-7-2-8(13)3-9(10(7)14)12(15,16)17/h2-5H,1H3,(H2,18,20). The molecule has 0 saturated carbocycles.